The predicted molar refractivity (Wildman–Crippen MR) is 88.1 cm³/mol. The minimum absolute atomic E-state index is 0.241. The van der Waals surface area contributed by atoms with E-state index >= 15 is 0 Å². The average Bonchev–Trinajstić information content (AvgIpc) is 3.32. The number of hydrogen-bond acceptors (Lipinski definition) is 5. The van der Waals surface area contributed by atoms with Crippen molar-refractivity contribution < 1.29 is 13.9 Å². The summed E-state index contributed by atoms with van der Waals surface area (Å²) in [7, 11) is 0. The maximum absolute atomic E-state index is 5.46. The molecule has 0 bridgehead atoms. The molecule has 3 heterocycles. The van der Waals surface area contributed by atoms with E-state index in [0.29, 0.717) is 0 Å². The number of ether oxygens (including phenoxy) is 2. The Labute approximate surface area is 140 Å². The van der Waals surface area contributed by atoms with Crippen LogP contribution < -0.4 is 9.47 Å². The van der Waals surface area contributed by atoms with Crippen LogP contribution >= 0.6 is 0 Å². The lowest BCUT2D eigenvalue weighted by molar-refractivity contribution is 0.174. The highest BCUT2D eigenvalue weighted by Crippen LogP contribution is 2.37. The van der Waals surface area contributed by atoms with Crippen molar-refractivity contribution in [1.29, 1.82) is 0 Å². The molecular weight excluding hydrogens is 306 g/mol. The van der Waals surface area contributed by atoms with Crippen LogP contribution in [0.1, 0.15) is 30.7 Å². The van der Waals surface area contributed by atoms with Crippen LogP contribution in [0.4, 0.5) is 0 Å². The molecule has 1 aliphatic heterocycles. The second-order valence-corrected chi connectivity index (χ2v) is 6.07. The number of fused-ring (bicyclic) bond motifs is 1. The molecule has 0 unspecified atom stereocenters. The smallest absolute Gasteiger partial charge is 0.231 e. The summed E-state index contributed by atoms with van der Waals surface area (Å²) in [5.74, 6) is 2.54. The third-order valence-electron chi connectivity index (χ3n) is 4.35. The third kappa shape index (κ3) is 2.75. The van der Waals surface area contributed by atoms with Gasteiger partial charge in [0.25, 0.3) is 0 Å². The maximum atomic E-state index is 5.46. The monoisotopic (exact) mass is 325 g/mol. The van der Waals surface area contributed by atoms with Gasteiger partial charge in [0.15, 0.2) is 11.5 Å². The van der Waals surface area contributed by atoms with Gasteiger partial charge in [-0.1, -0.05) is 5.21 Å². The van der Waals surface area contributed by atoms with Gasteiger partial charge in [-0.2, -0.15) is 0 Å². The van der Waals surface area contributed by atoms with E-state index in [9.17, 15) is 0 Å². The minimum atomic E-state index is 0.241. The van der Waals surface area contributed by atoms with Crippen molar-refractivity contribution in [2.24, 2.45) is 0 Å². The number of furan rings is 1. The fourth-order valence-electron chi connectivity index (χ4n) is 2.87. The van der Waals surface area contributed by atoms with Crippen molar-refractivity contribution in [3.63, 3.8) is 0 Å². The molecule has 0 saturated carbocycles. The van der Waals surface area contributed by atoms with Crippen molar-refractivity contribution in [3.8, 4) is 22.8 Å². The van der Waals surface area contributed by atoms with Crippen LogP contribution in [0.15, 0.2) is 41.1 Å². The number of benzene rings is 1. The molecular formula is C18H19N3O3. The van der Waals surface area contributed by atoms with Gasteiger partial charge in [0.05, 0.1) is 18.5 Å². The molecule has 0 fully saturated rings. The molecule has 124 valence electrons. The first-order chi connectivity index (χ1) is 11.7. The molecule has 1 aromatic carbocycles. The number of rotatable bonds is 5. The minimum Gasteiger partial charge on any atom is -0.469 e. The van der Waals surface area contributed by atoms with E-state index in [0.717, 1.165) is 46.9 Å². The zero-order valence-corrected chi connectivity index (χ0v) is 13.7. The summed E-state index contributed by atoms with van der Waals surface area (Å²) in [5.41, 5.74) is 2.95. The van der Waals surface area contributed by atoms with Crippen LogP contribution in [-0.2, 0) is 6.42 Å². The molecule has 24 heavy (non-hydrogen) atoms. The fourth-order valence-corrected chi connectivity index (χ4v) is 2.87. The number of nitrogens with zero attached hydrogens (tertiary/aromatic N) is 3. The van der Waals surface area contributed by atoms with Crippen molar-refractivity contribution in [2.45, 2.75) is 32.7 Å². The summed E-state index contributed by atoms with van der Waals surface area (Å²) in [6.45, 7) is 4.44. The van der Waals surface area contributed by atoms with E-state index in [4.69, 9.17) is 13.9 Å². The van der Waals surface area contributed by atoms with Gasteiger partial charge in [0.1, 0.15) is 11.5 Å². The first kappa shape index (κ1) is 14.8. The largest absolute Gasteiger partial charge is 0.469 e. The number of aromatic nitrogens is 3. The zero-order chi connectivity index (χ0) is 16.5. The van der Waals surface area contributed by atoms with Gasteiger partial charge in [-0.05, 0) is 50.1 Å². The molecule has 0 spiro atoms. The van der Waals surface area contributed by atoms with Crippen molar-refractivity contribution in [1.82, 2.24) is 15.0 Å². The topological polar surface area (TPSA) is 62.3 Å². The van der Waals surface area contributed by atoms with Crippen molar-refractivity contribution >= 4 is 0 Å². The molecule has 0 N–H and O–H groups in total. The predicted octanol–water partition coefficient (Wildman–Crippen LogP) is 3.77. The highest BCUT2D eigenvalue weighted by Gasteiger charge is 2.18. The van der Waals surface area contributed by atoms with Gasteiger partial charge in [-0.15, -0.1) is 5.10 Å². The highest BCUT2D eigenvalue weighted by atomic mass is 16.7. The Kier molecular flexibility index (Phi) is 3.72. The lowest BCUT2D eigenvalue weighted by Crippen LogP contribution is -2.07. The van der Waals surface area contributed by atoms with Gasteiger partial charge in [0, 0.05) is 12.0 Å². The summed E-state index contributed by atoms with van der Waals surface area (Å²) < 4.78 is 18.2. The summed E-state index contributed by atoms with van der Waals surface area (Å²) in [5, 5.41) is 8.62. The van der Waals surface area contributed by atoms with Gasteiger partial charge in [-0.25, -0.2) is 4.68 Å². The average molecular weight is 325 g/mol. The Morgan fingerprint density at radius 1 is 1.25 bits per heavy atom. The van der Waals surface area contributed by atoms with Gasteiger partial charge in [0.2, 0.25) is 6.79 Å². The van der Waals surface area contributed by atoms with Crippen LogP contribution in [0.5, 0.6) is 11.5 Å². The van der Waals surface area contributed by atoms with E-state index in [1.165, 1.54) is 0 Å². The first-order valence-electron chi connectivity index (χ1n) is 8.05. The second kappa shape index (κ2) is 6.03. The molecule has 3 aromatic rings. The first-order valence-corrected chi connectivity index (χ1v) is 8.05. The second-order valence-electron chi connectivity index (χ2n) is 6.07. The maximum Gasteiger partial charge on any atom is 0.231 e. The molecule has 6 heteroatoms. The molecule has 0 amide bonds. The normalized spacial score (nSPS) is 14.1. The molecule has 2 aromatic heterocycles. The van der Waals surface area contributed by atoms with Crippen molar-refractivity contribution in [3.05, 3.63) is 48.0 Å². The van der Waals surface area contributed by atoms with E-state index in [-0.39, 0.29) is 12.8 Å². The molecule has 0 saturated heterocycles. The Morgan fingerprint density at radius 2 is 2.08 bits per heavy atom. The Hall–Kier alpha value is -2.76. The van der Waals surface area contributed by atoms with Crippen molar-refractivity contribution in [2.75, 3.05) is 6.79 Å². The SMILES string of the molecule is Cc1cc2c(cc1-c1cn([C@H](C)CCc3ccco3)nn1)OCO2. The van der Waals surface area contributed by atoms with Crippen LogP contribution in [0.2, 0.25) is 0 Å². The van der Waals surface area contributed by atoms with E-state index in [1.54, 1.807) is 6.26 Å². The summed E-state index contributed by atoms with van der Waals surface area (Å²) in [6.07, 6.45) is 5.51. The summed E-state index contributed by atoms with van der Waals surface area (Å²) >= 11 is 0. The Morgan fingerprint density at radius 3 is 2.88 bits per heavy atom. The van der Waals surface area contributed by atoms with Gasteiger partial charge < -0.3 is 13.9 Å². The zero-order valence-electron chi connectivity index (χ0n) is 13.7. The van der Waals surface area contributed by atoms with Crippen LogP contribution in [0.3, 0.4) is 0 Å². The fraction of sp³-hybridized carbons (Fsp3) is 0.333. The van der Waals surface area contributed by atoms with Gasteiger partial charge >= 0.3 is 0 Å². The highest BCUT2D eigenvalue weighted by molar-refractivity contribution is 5.67. The van der Waals surface area contributed by atoms with Crippen LogP contribution in [0, 0.1) is 6.92 Å². The number of aryl methyl sites for hydroxylation is 2. The lowest BCUT2D eigenvalue weighted by atomic mass is 10.1. The van der Waals surface area contributed by atoms with Crippen LogP contribution in [-0.4, -0.2) is 21.8 Å². The Balaban J connectivity index is 1.52. The molecule has 4 rings (SSSR count). The third-order valence-corrected chi connectivity index (χ3v) is 4.35. The van der Waals surface area contributed by atoms with Crippen LogP contribution in [0.25, 0.3) is 11.3 Å². The summed E-state index contributed by atoms with van der Waals surface area (Å²) in [4.78, 5) is 0. The van der Waals surface area contributed by atoms with E-state index < -0.39 is 0 Å². The summed E-state index contributed by atoms with van der Waals surface area (Å²) in [6, 6.07) is 8.10. The standard InChI is InChI=1S/C18H19N3O3/c1-12-8-17-18(24-11-23-17)9-15(12)16-10-21(20-19-16)13(2)5-6-14-4-3-7-22-14/h3-4,7-10,13H,5-6,11H2,1-2H3/t13-/m1/s1. The Bertz CT molecular complexity index is 839. The number of hydrogen-bond donors (Lipinski definition) is 0. The quantitative estimate of drug-likeness (QED) is 0.714. The van der Waals surface area contributed by atoms with E-state index in [1.807, 2.05) is 42.1 Å². The lowest BCUT2D eigenvalue weighted by Gasteiger charge is -2.09. The molecule has 0 radical (unpaired) electrons. The van der Waals surface area contributed by atoms with Gasteiger partial charge in [-0.3, -0.25) is 0 Å². The molecule has 6 nitrogen and oxygen atoms in total. The van der Waals surface area contributed by atoms with E-state index in [2.05, 4.69) is 17.2 Å². The molecule has 0 aliphatic carbocycles. The molecule has 1 atom stereocenters. The molecule has 1 aliphatic rings.